The average molecular weight is 270 g/mol. The number of hydrogen-bond acceptors (Lipinski definition) is 2. The first-order valence-corrected chi connectivity index (χ1v) is 6.42. The number of rotatable bonds is 3. The largest absolute Gasteiger partial charge is 0.486 e. The van der Waals surface area contributed by atoms with E-state index in [1.54, 1.807) is 6.20 Å². The van der Waals surface area contributed by atoms with Crippen LogP contribution in [0.2, 0.25) is 5.15 Å². The van der Waals surface area contributed by atoms with Crippen molar-refractivity contribution >= 4 is 22.4 Å². The predicted octanol–water partition coefficient (Wildman–Crippen LogP) is 4.47. The topological polar surface area (TPSA) is 22.1 Å². The number of halogens is 1. The summed E-state index contributed by atoms with van der Waals surface area (Å²) in [6.07, 6.45) is 1.65. The van der Waals surface area contributed by atoms with Crippen LogP contribution in [0.25, 0.3) is 10.8 Å². The molecule has 0 atom stereocenters. The van der Waals surface area contributed by atoms with Gasteiger partial charge < -0.3 is 4.74 Å². The molecule has 0 N–H and O–H groups in total. The molecular formula is C16H12ClNO. The minimum Gasteiger partial charge on any atom is -0.486 e. The maximum Gasteiger partial charge on any atom is 0.171 e. The van der Waals surface area contributed by atoms with E-state index in [2.05, 4.69) is 29.2 Å². The van der Waals surface area contributed by atoms with Crippen molar-refractivity contribution in [3.8, 4) is 5.75 Å². The Morgan fingerprint density at radius 1 is 0.947 bits per heavy atom. The highest BCUT2D eigenvalue weighted by Gasteiger charge is 2.04. The Morgan fingerprint density at radius 2 is 1.79 bits per heavy atom. The second-order valence-electron chi connectivity index (χ2n) is 4.22. The molecule has 2 aromatic carbocycles. The minimum absolute atomic E-state index is 0.391. The summed E-state index contributed by atoms with van der Waals surface area (Å²) >= 11 is 5.97. The summed E-state index contributed by atoms with van der Waals surface area (Å²) in [4.78, 5) is 3.99. The van der Waals surface area contributed by atoms with Gasteiger partial charge in [0.25, 0.3) is 0 Å². The molecule has 0 spiro atoms. The Labute approximate surface area is 116 Å². The van der Waals surface area contributed by atoms with E-state index in [4.69, 9.17) is 16.3 Å². The molecule has 0 bridgehead atoms. The Hall–Kier alpha value is -2.06. The number of aromatic nitrogens is 1. The summed E-state index contributed by atoms with van der Waals surface area (Å²) in [5.41, 5.74) is 1.14. The molecule has 94 valence electrons. The molecule has 19 heavy (non-hydrogen) atoms. The molecule has 3 aromatic rings. The average Bonchev–Trinajstić information content (AvgIpc) is 2.46. The van der Waals surface area contributed by atoms with Crippen molar-refractivity contribution in [3.63, 3.8) is 0 Å². The first kappa shape index (κ1) is 12.0. The molecule has 0 fully saturated rings. The van der Waals surface area contributed by atoms with Crippen LogP contribution in [0.3, 0.4) is 0 Å². The van der Waals surface area contributed by atoms with Crippen molar-refractivity contribution in [2.24, 2.45) is 0 Å². The summed E-state index contributed by atoms with van der Waals surface area (Å²) in [6.45, 7) is 0.479. The van der Waals surface area contributed by atoms with Gasteiger partial charge >= 0.3 is 0 Å². The van der Waals surface area contributed by atoms with Crippen molar-refractivity contribution in [1.82, 2.24) is 4.98 Å². The Morgan fingerprint density at radius 3 is 2.68 bits per heavy atom. The molecule has 0 saturated heterocycles. The van der Waals surface area contributed by atoms with Crippen LogP contribution in [0.5, 0.6) is 5.75 Å². The predicted molar refractivity (Wildman–Crippen MR) is 77.5 cm³/mol. The third-order valence-electron chi connectivity index (χ3n) is 2.99. The van der Waals surface area contributed by atoms with Gasteiger partial charge in [-0.3, -0.25) is 0 Å². The van der Waals surface area contributed by atoms with Crippen molar-refractivity contribution in [1.29, 1.82) is 0 Å². The van der Waals surface area contributed by atoms with Gasteiger partial charge in [-0.05, 0) is 28.5 Å². The summed E-state index contributed by atoms with van der Waals surface area (Å²) in [5, 5.41) is 2.80. The lowest BCUT2D eigenvalue weighted by Gasteiger charge is -2.09. The lowest BCUT2D eigenvalue weighted by molar-refractivity contribution is 0.306. The van der Waals surface area contributed by atoms with Crippen molar-refractivity contribution in [3.05, 3.63) is 71.5 Å². The number of fused-ring (bicyclic) bond motifs is 1. The van der Waals surface area contributed by atoms with Crippen LogP contribution < -0.4 is 4.74 Å². The second-order valence-corrected chi connectivity index (χ2v) is 4.58. The molecule has 3 heteroatoms. The van der Waals surface area contributed by atoms with Crippen LogP contribution in [0.1, 0.15) is 5.56 Å². The van der Waals surface area contributed by atoms with Gasteiger partial charge in [-0.1, -0.05) is 54.1 Å². The van der Waals surface area contributed by atoms with Crippen LogP contribution in [0.4, 0.5) is 0 Å². The zero-order valence-corrected chi connectivity index (χ0v) is 11.0. The van der Waals surface area contributed by atoms with Crippen LogP contribution in [0.15, 0.2) is 60.8 Å². The molecular weight excluding hydrogens is 258 g/mol. The summed E-state index contributed by atoms with van der Waals surface area (Å²) in [5.74, 6) is 0.608. The Balaban J connectivity index is 1.88. The van der Waals surface area contributed by atoms with Gasteiger partial charge in [0.2, 0.25) is 0 Å². The van der Waals surface area contributed by atoms with E-state index in [1.807, 2.05) is 30.3 Å². The van der Waals surface area contributed by atoms with Gasteiger partial charge in [0.05, 0.1) is 0 Å². The van der Waals surface area contributed by atoms with Crippen molar-refractivity contribution in [2.45, 2.75) is 6.61 Å². The maximum absolute atomic E-state index is 5.97. The Kier molecular flexibility index (Phi) is 3.34. The molecule has 0 saturated carbocycles. The summed E-state index contributed by atoms with van der Waals surface area (Å²) in [6, 6.07) is 18.1. The Bertz CT molecular complexity index is 706. The monoisotopic (exact) mass is 269 g/mol. The zero-order chi connectivity index (χ0) is 13.1. The third-order valence-corrected chi connectivity index (χ3v) is 3.27. The van der Waals surface area contributed by atoms with E-state index >= 15 is 0 Å². The lowest BCUT2D eigenvalue weighted by atomic mass is 10.1. The van der Waals surface area contributed by atoms with Crippen LogP contribution in [-0.4, -0.2) is 4.98 Å². The molecule has 0 aliphatic carbocycles. The highest BCUT2D eigenvalue weighted by atomic mass is 35.5. The first-order valence-electron chi connectivity index (χ1n) is 6.04. The molecule has 0 aliphatic heterocycles. The van der Waals surface area contributed by atoms with E-state index < -0.39 is 0 Å². The smallest absolute Gasteiger partial charge is 0.171 e. The van der Waals surface area contributed by atoms with E-state index in [-0.39, 0.29) is 0 Å². The van der Waals surface area contributed by atoms with Gasteiger partial charge in [0.1, 0.15) is 6.61 Å². The molecule has 0 unspecified atom stereocenters. The number of nitrogens with zero attached hydrogens (tertiary/aromatic N) is 1. The van der Waals surface area contributed by atoms with Crippen LogP contribution >= 0.6 is 11.6 Å². The van der Waals surface area contributed by atoms with E-state index in [0.29, 0.717) is 17.5 Å². The standard InChI is InChI=1S/C16H12ClNO/c17-16-15(9-4-10-18-16)19-11-13-7-3-6-12-5-1-2-8-14(12)13/h1-10H,11H2. The van der Waals surface area contributed by atoms with Gasteiger partial charge in [0, 0.05) is 6.20 Å². The fourth-order valence-electron chi connectivity index (χ4n) is 2.05. The summed E-state index contributed by atoms with van der Waals surface area (Å²) in [7, 11) is 0. The highest BCUT2D eigenvalue weighted by molar-refractivity contribution is 6.30. The van der Waals surface area contributed by atoms with E-state index in [0.717, 1.165) is 5.56 Å². The molecule has 2 nitrogen and oxygen atoms in total. The third kappa shape index (κ3) is 2.54. The molecule has 1 heterocycles. The molecule has 0 aliphatic rings. The maximum atomic E-state index is 5.97. The quantitative estimate of drug-likeness (QED) is 0.655. The molecule has 0 amide bonds. The zero-order valence-electron chi connectivity index (χ0n) is 10.2. The van der Waals surface area contributed by atoms with E-state index in [9.17, 15) is 0 Å². The molecule has 3 rings (SSSR count). The van der Waals surface area contributed by atoms with Gasteiger partial charge in [0.15, 0.2) is 10.9 Å². The number of benzene rings is 2. The molecule has 0 radical (unpaired) electrons. The number of ether oxygens (including phenoxy) is 1. The van der Waals surface area contributed by atoms with Gasteiger partial charge in [-0.15, -0.1) is 0 Å². The van der Waals surface area contributed by atoms with Crippen LogP contribution in [-0.2, 0) is 6.61 Å². The van der Waals surface area contributed by atoms with Crippen LogP contribution in [0, 0.1) is 0 Å². The van der Waals surface area contributed by atoms with Crippen molar-refractivity contribution in [2.75, 3.05) is 0 Å². The molecule has 1 aromatic heterocycles. The SMILES string of the molecule is Clc1ncccc1OCc1cccc2ccccc12. The fourth-order valence-corrected chi connectivity index (χ4v) is 2.23. The highest BCUT2D eigenvalue weighted by Crippen LogP contribution is 2.24. The first-order chi connectivity index (χ1) is 9.34. The normalized spacial score (nSPS) is 10.6. The summed E-state index contributed by atoms with van der Waals surface area (Å²) < 4.78 is 5.74. The minimum atomic E-state index is 0.391. The number of hydrogen-bond donors (Lipinski definition) is 0. The number of pyridine rings is 1. The van der Waals surface area contributed by atoms with Gasteiger partial charge in [-0.25, -0.2) is 4.98 Å². The van der Waals surface area contributed by atoms with Crippen molar-refractivity contribution < 1.29 is 4.74 Å². The fraction of sp³-hybridized carbons (Fsp3) is 0.0625. The second kappa shape index (κ2) is 5.29. The lowest BCUT2D eigenvalue weighted by Crippen LogP contribution is -1.97. The van der Waals surface area contributed by atoms with Gasteiger partial charge in [-0.2, -0.15) is 0 Å². The van der Waals surface area contributed by atoms with E-state index in [1.165, 1.54) is 10.8 Å².